The standard InChI is InChI=1S/C9H12.Mg.H2O.2H/c1-8(2)9-6-4-3-5-7-9;;;;/h3-8H,1-2H3;;1H2;;/q;+2;;2*-1. The van der Waals surface area contributed by atoms with Gasteiger partial charge in [-0.1, -0.05) is 44.2 Å². The molecule has 0 saturated carbocycles. The van der Waals surface area contributed by atoms with Crippen molar-refractivity contribution in [2.45, 2.75) is 19.8 Å². The van der Waals surface area contributed by atoms with Crippen LogP contribution < -0.4 is 0 Å². The number of benzene rings is 1. The quantitative estimate of drug-likeness (QED) is 0.567. The van der Waals surface area contributed by atoms with Crippen molar-refractivity contribution in [2.75, 3.05) is 0 Å². The van der Waals surface area contributed by atoms with Crippen LogP contribution in [0.15, 0.2) is 30.3 Å². The van der Waals surface area contributed by atoms with Crippen molar-refractivity contribution in [2.24, 2.45) is 0 Å². The van der Waals surface area contributed by atoms with E-state index in [0.717, 1.165) is 0 Å². The van der Waals surface area contributed by atoms with Crippen LogP contribution >= 0.6 is 0 Å². The van der Waals surface area contributed by atoms with Gasteiger partial charge in [0.1, 0.15) is 0 Å². The first-order valence-electron chi connectivity index (χ1n) is 3.35. The van der Waals surface area contributed by atoms with E-state index < -0.39 is 0 Å². The van der Waals surface area contributed by atoms with Gasteiger partial charge in [0.25, 0.3) is 0 Å². The van der Waals surface area contributed by atoms with Crippen molar-refractivity contribution in [3.8, 4) is 0 Å². The Morgan fingerprint density at radius 1 is 1.09 bits per heavy atom. The fraction of sp³-hybridized carbons (Fsp3) is 0.333. The molecule has 0 saturated heterocycles. The third kappa shape index (κ3) is 4.40. The second-order valence-electron chi connectivity index (χ2n) is 2.57. The van der Waals surface area contributed by atoms with E-state index >= 15 is 0 Å². The van der Waals surface area contributed by atoms with Gasteiger partial charge in [-0.25, -0.2) is 0 Å². The zero-order valence-electron chi connectivity index (χ0n) is 9.17. The van der Waals surface area contributed by atoms with Crippen molar-refractivity contribution in [3.63, 3.8) is 0 Å². The van der Waals surface area contributed by atoms with Crippen LogP contribution in [-0.4, -0.2) is 28.5 Å². The van der Waals surface area contributed by atoms with Crippen LogP contribution in [0.1, 0.15) is 28.2 Å². The van der Waals surface area contributed by atoms with Gasteiger partial charge in [0, 0.05) is 0 Å². The normalized spacial score (nSPS) is 8.27. The molecule has 0 heterocycles. The Balaban J connectivity index is -0.000000101. The van der Waals surface area contributed by atoms with Crippen LogP contribution in [0, 0.1) is 0 Å². The first kappa shape index (κ1) is 13.5. The Labute approximate surface area is 87.2 Å². The summed E-state index contributed by atoms with van der Waals surface area (Å²) in [5, 5.41) is 0. The van der Waals surface area contributed by atoms with Crippen molar-refractivity contribution < 1.29 is 8.33 Å². The Morgan fingerprint density at radius 2 is 1.55 bits per heavy atom. The third-order valence-corrected chi connectivity index (χ3v) is 1.47. The average Bonchev–Trinajstić information content (AvgIpc) is 1.90. The van der Waals surface area contributed by atoms with Crippen LogP contribution in [-0.2, 0) is 0 Å². The summed E-state index contributed by atoms with van der Waals surface area (Å²) in [4.78, 5) is 0. The Kier molecular flexibility index (Phi) is 8.17. The molecule has 0 aliphatic rings. The van der Waals surface area contributed by atoms with Gasteiger partial charge in [0.05, 0.1) is 0 Å². The minimum atomic E-state index is 0. The molecule has 0 aliphatic carbocycles. The molecule has 0 radical (unpaired) electrons. The fourth-order valence-corrected chi connectivity index (χ4v) is 0.838. The van der Waals surface area contributed by atoms with E-state index in [1.807, 2.05) is 6.07 Å². The Morgan fingerprint density at radius 3 is 1.82 bits per heavy atom. The Hall–Kier alpha value is -0.0538. The first-order valence-corrected chi connectivity index (χ1v) is 3.35. The summed E-state index contributed by atoms with van der Waals surface area (Å²) in [7, 11) is 0. The van der Waals surface area contributed by atoms with E-state index in [9.17, 15) is 0 Å². The van der Waals surface area contributed by atoms with E-state index in [1.54, 1.807) is 0 Å². The molecule has 2 heteroatoms. The van der Waals surface area contributed by atoms with Gasteiger partial charge in [-0.15, -0.1) is 0 Å². The van der Waals surface area contributed by atoms with E-state index in [0.29, 0.717) is 5.92 Å². The summed E-state index contributed by atoms with van der Waals surface area (Å²) in [6.45, 7) is 4.41. The summed E-state index contributed by atoms with van der Waals surface area (Å²) in [6, 6.07) is 10.5. The molecule has 1 nitrogen and oxygen atoms in total. The van der Waals surface area contributed by atoms with E-state index in [1.165, 1.54) is 5.56 Å². The molecule has 0 fully saturated rings. The van der Waals surface area contributed by atoms with Crippen LogP contribution in [0.25, 0.3) is 0 Å². The molecule has 1 aromatic rings. The minimum Gasteiger partial charge on any atom is -1.00 e. The molecule has 0 aliphatic heterocycles. The third-order valence-electron chi connectivity index (χ3n) is 1.47. The molecule has 0 spiro atoms. The molecule has 60 valence electrons. The molecule has 1 aromatic carbocycles. The smallest absolute Gasteiger partial charge is 1.00 e. The monoisotopic (exact) mass is 164 g/mol. The van der Waals surface area contributed by atoms with Gasteiger partial charge in [-0.2, -0.15) is 0 Å². The molecule has 0 aromatic heterocycles. The summed E-state index contributed by atoms with van der Waals surface area (Å²) in [5.74, 6) is 0.659. The molecule has 0 amide bonds. The van der Waals surface area contributed by atoms with Crippen LogP contribution in [0.5, 0.6) is 0 Å². The second kappa shape index (κ2) is 6.64. The zero-order valence-corrected chi connectivity index (χ0v) is 8.59. The molecule has 2 N–H and O–H groups in total. The van der Waals surface area contributed by atoms with Gasteiger partial charge in [0.2, 0.25) is 0 Å². The second-order valence-corrected chi connectivity index (χ2v) is 2.57. The van der Waals surface area contributed by atoms with Gasteiger partial charge >= 0.3 is 23.1 Å². The molecule has 11 heavy (non-hydrogen) atoms. The molecular formula is C9H16MgO. The van der Waals surface area contributed by atoms with Crippen molar-refractivity contribution in [1.29, 1.82) is 0 Å². The maximum absolute atomic E-state index is 2.20. The van der Waals surface area contributed by atoms with E-state index in [-0.39, 0.29) is 31.4 Å². The topological polar surface area (TPSA) is 31.5 Å². The average molecular weight is 165 g/mol. The molecule has 1 rings (SSSR count). The van der Waals surface area contributed by atoms with E-state index in [4.69, 9.17) is 0 Å². The number of hydrogen-bond donors (Lipinski definition) is 0. The fourth-order valence-electron chi connectivity index (χ4n) is 0.838. The largest absolute Gasteiger partial charge is 2.00 e. The zero-order chi connectivity index (χ0) is 6.69. The number of rotatable bonds is 1. The molecule has 0 atom stereocenters. The van der Waals surface area contributed by atoms with Crippen LogP contribution in [0.3, 0.4) is 0 Å². The van der Waals surface area contributed by atoms with Crippen LogP contribution in [0.4, 0.5) is 0 Å². The van der Waals surface area contributed by atoms with Gasteiger partial charge in [-0.05, 0) is 11.5 Å². The van der Waals surface area contributed by atoms with E-state index in [2.05, 4.69) is 38.1 Å². The summed E-state index contributed by atoms with van der Waals surface area (Å²) in [5.41, 5.74) is 1.41. The maximum Gasteiger partial charge on any atom is 2.00 e. The van der Waals surface area contributed by atoms with Gasteiger partial charge in [0.15, 0.2) is 0 Å². The predicted molar refractivity (Wildman–Crippen MR) is 52.1 cm³/mol. The van der Waals surface area contributed by atoms with Crippen molar-refractivity contribution >= 4 is 23.1 Å². The molecule has 0 unspecified atom stereocenters. The minimum absolute atomic E-state index is 0. The maximum atomic E-state index is 2.20. The van der Waals surface area contributed by atoms with Crippen molar-refractivity contribution in [1.82, 2.24) is 0 Å². The van der Waals surface area contributed by atoms with Gasteiger partial charge < -0.3 is 8.33 Å². The predicted octanol–water partition coefficient (Wildman–Crippen LogP) is 1.83. The van der Waals surface area contributed by atoms with Crippen molar-refractivity contribution in [3.05, 3.63) is 35.9 Å². The Bertz CT molecular complexity index is 180. The summed E-state index contributed by atoms with van der Waals surface area (Å²) < 4.78 is 0. The summed E-state index contributed by atoms with van der Waals surface area (Å²) in [6.07, 6.45) is 0. The van der Waals surface area contributed by atoms with Gasteiger partial charge in [-0.3, -0.25) is 0 Å². The molecule has 0 bridgehead atoms. The van der Waals surface area contributed by atoms with Crippen LogP contribution in [0.2, 0.25) is 0 Å². The molecular weight excluding hydrogens is 148 g/mol. The SMILES string of the molecule is CC(C)c1ccccc1.O.[H-].[H-].[Mg+2]. The first-order chi connectivity index (χ1) is 4.30. The summed E-state index contributed by atoms with van der Waals surface area (Å²) >= 11 is 0. The number of hydrogen-bond acceptors (Lipinski definition) is 0.